The Balaban J connectivity index is 1.37. The summed E-state index contributed by atoms with van der Waals surface area (Å²) in [7, 11) is 1.91. The lowest BCUT2D eigenvalue weighted by Crippen LogP contribution is -2.67. The quantitative estimate of drug-likeness (QED) is 0.510. The van der Waals surface area contributed by atoms with E-state index in [0.717, 1.165) is 44.1 Å². The predicted octanol–water partition coefficient (Wildman–Crippen LogP) is 3.02. The van der Waals surface area contributed by atoms with E-state index in [0.29, 0.717) is 18.8 Å². The molecule has 0 radical (unpaired) electrons. The number of nitrogens with two attached hydrogens (primary N) is 1. The Labute approximate surface area is 215 Å². The summed E-state index contributed by atoms with van der Waals surface area (Å²) >= 11 is 0. The lowest BCUT2D eigenvalue weighted by Gasteiger charge is -2.65. The summed E-state index contributed by atoms with van der Waals surface area (Å²) in [5.74, 6) is 0.656. The molecule has 4 aliphatic carbocycles. The van der Waals surface area contributed by atoms with Crippen LogP contribution in [0.3, 0.4) is 0 Å². The highest BCUT2D eigenvalue weighted by atomic mass is 16.5. The van der Waals surface area contributed by atoms with E-state index in [9.17, 15) is 19.8 Å². The molecular weight excluding hydrogens is 456 g/mol. The van der Waals surface area contributed by atoms with Crippen molar-refractivity contribution < 1.29 is 24.5 Å². The smallest absolute Gasteiger partial charge is 0.331 e. The monoisotopic (exact) mass is 502 g/mol. The number of hydrogen-bond acceptors (Lipinski definition) is 6. The molecule has 4 fully saturated rings. The minimum absolute atomic E-state index is 0.0315. The van der Waals surface area contributed by atoms with Crippen LogP contribution in [-0.2, 0) is 14.3 Å². The number of hydrogen-bond donors (Lipinski definition) is 3. The molecule has 1 amide bonds. The Bertz CT molecular complexity index is 950. The normalized spacial score (nSPS) is 46.9. The SMILES string of the molecule is CC(C)[C@@H](N)C(=O)N(C)[C@@H]1CC[C@]2(C)[C@H](CC[C@@H]3[C@H]2C[C@@H](O)[C@@]2(C)[C@@H](C4=CC(=O)OC4)CC[C@@]32O)C1. The molecule has 0 aromatic heterocycles. The van der Waals surface area contributed by atoms with Gasteiger partial charge >= 0.3 is 5.97 Å². The average Bonchev–Trinajstić information content (AvgIpc) is 3.38. The minimum atomic E-state index is -0.950. The zero-order valence-corrected chi connectivity index (χ0v) is 22.7. The molecule has 4 saturated carbocycles. The second kappa shape index (κ2) is 8.81. The molecule has 0 spiro atoms. The van der Waals surface area contributed by atoms with Gasteiger partial charge in [-0.05, 0) is 91.9 Å². The third kappa shape index (κ3) is 3.55. The van der Waals surface area contributed by atoms with Crippen molar-refractivity contribution in [2.75, 3.05) is 13.7 Å². The number of likely N-dealkylation sites (N-methyl/N-ethyl adjacent to an activating group) is 1. The summed E-state index contributed by atoms with van der Waals surface area (Å²) < 4.78 is 5.21. The number of aliphatic hydroxyl groups excluding tert-OH is 1. The first kappa shape index (κ1) is 26.2. The Morgan fingerprint density at radius 1 is 1.14 bits per heavy atom. The topological polar surface area (TPSA) is 113 Å². The van der Waals surface area contributed by atoms with Crippen LogP contribution in [0, 0.1) is 40.4 Å². The maximum atomic E-state index is 13.0. The number of rotatable bonds is 4. The Kier molecular flexibility index (Phi) is 6.40. The molecule has 1 heterocycles. The molecular formula is C29H46N2O5. The van der Waals surface area contributed by atoms with Gasteiger partial charge in [-0.3, -0.25) is 4.79 Å². The summed E-state index contributed by atoms with van der Waals surface area (Å²) in [6.45, 7) is 8.70. The predicted molar refractivity (Wildman–Crippen MR) is 136 cm³/mol. The van der Waals surface area contributed by atoms with Crippen LogP contribution in [-0.4, -0.2) is 64.4 Å². The van der Waals surface area contributed by atoms with Gasteiger partial charge in [-0.2, -0.15) is 0 Å². The van der Waals surface area contributed by atoms with E-state index in [1.807, 2.05) is 25.8 Å². The number of nitrogens with zero attached hydrogens (tertiary/aromatic N) is 1. The van der Waals surface area contributed by atoms with Crippen LogP contribution in [0.25, 0.3) is 0 Å². The van der Waals surface area contributed by atoms with Gasteiger partial charge < -0.3 is 25.6 Å². The lowest BCUT2D eigenvalue weighted by atomic mass is 9.42. The third-order valence-electron chi connectivity index (χ3n) is 11.9. The molecule has 4 N–H and O–H groups in total. The molecule has 0 aromatic carbocycles. The van der Waals surface area contributed by atoms with Crippen molar-refractivity contribution in [3.05, 3.63) is 11.6 Å². The molecule has 0 unspecified atom stereocenters. The first-order valence-corrected chi connectivity index (χ1v) is 14.1. The molecule has 7 nitrogen and oxygen atoms in total. The number of ether oxygens (including phenoxy) is 1. The molecule has 10 atom stereocenters. The second-order valence-electron chi connectivity index (χ2n) is 13.5. The minimum Gasteiger partial charge on any atom is -0.458 e. The average molecular weight is 503 g/mol. The number of carbonyl (C=O) groups excluding carboxylic acids is 2. The molecule has 202 valence electrons. The van der Waals surface area contributed by atoms with Crippen LogP contribution >= 0.6 is 0 Å². The third-order valence-corrected chi connectivity index (χ3v) is 11.9. The van der Waals surface area contributed by atoms with Gasteiger partial charge in [0.1, 0.15) is 6.61 Å². The van der Waals surface area contributed by atoms with Gasteiger partial charge in [0.2, 0.25) is 5.91 Å². The molecule has 0 bridgehead atoms. The lowest BCUT2D eigenvalue weighted by molar-refractivity contribution is -0.243. The summed E-state index contributed by atoms with van der Waals surface area (Å²) in [4.78, 5) is 26.7. The van der Waals surface area contributed by atoms with E-state index in [4.69, 9.17) is 10.5 Å². The van der Waals surface area contributed by atoms with Crippen LogP contribution < -0.4 is 5.73 Å². The number of amides is 1. The zero-order valence-electron chi connectivity index (χ0n) is 22.7. The van der Waals surface area contributed by atoms with E-state index >= 15 is 0 Å². The van der Waals surface area contributed by atoms with Gasteiger partial charge in [-0.25, -0.2) is 4.79 Å². The molecule has 7 heteroatoms. The summed E-state index contributed by atoms with van der Waals surface area (Å²) in [5.41, 5.74) is 5.54. The fourth-order valence-electron chi connectivity index (χ4n) is 9.42. The van der Waals surface area contributed by atoms with E-state index in [-0.39, 0.29) is 53.6 Å². The highest BCUT2D eigenvalue weighted by Gasteiger charge is 2.70. The molecule has 0 saturated heterocycles. The van der Waals surface area contributed by atoms with Crippen molar-refractivity contribution in [3.63, 3.8) is 0 Å². The summed E-state index contributed by atoms with van der Waals surface area (Å²) in [5, 5.41) is 24.1. The highest BCUT2D eigenvalue weighted by Crippen LogP contribution is 2.70. The van der Waals surface area contributed by atoms with Crippen molar-refractivity contribution >= 4 is 11.9 Å². The van der Waals surface area contributed by atoms with Crippen LogP contribution in [0.2, 0.25) is 0 Å². The number of fused-ring (bicyclic) bond motifs is 5. The van der Waals surface area contributed by atoms with Gasteiger partial charge in [0.15, 0.2) is 0 Å². The molecule has 36 heavy (non-hydrogen) atoms. The van der Waals surface area contributed by atoms with Crippen molar-refractivity contribution in [1.29, 1.82) is 0 Å². The van der Waals surface area contributed by atoms with Gasteiger partial charge in [0.05, 0.1) is 17.7 Å². The van der Waals surface area contributed by atoms with E-state index in [2.05, 4.69) is 13.8 Å². The Morgan fingerprint density at radius 2 is 1.86 bits per heavy atom. The number of esters is 1. The number of cyclic esters (lactones) is 1. The van der Waals surface area contributed by atoms with E-state index < -0.39 is 23.2 Å². The molecule has 5 aliphatic rings. The van der Waals surface area contributed by atoms with Crippen molar-refractivity contribution in [2.45, 2.75) is 103 Å². The first-order valence-electron chi connectivity index (χ1n) is 14.1. The maximum absolute atomic E-state index is 13.0. The van der Waals surface area contributed by atoms with Gasteiger partial charge in [-0.1, -0.05) is 27.7 Å². The fraction of sp³-hybridized carbons (Fsp3) is 0.862. The van der Waals surface area contributed by atoms with Crippen LogP contribution in [0.4, 0.5) is 0 Å². The van der Waals surface area contributed by atoms with Gasteiger partial charge in [0.25, 0.3) is 0 Å². The highest BCUT2D eigenvalue weighted by molar-refractivity contribution is 5.85. The number of carbonyl (C=O) groups is 2. The second-order valence-corrected chi connectivity index (χ2v) is 13.5. The van der Waals surface area contributed by atoms with Crippen molar-refractivity contribution in [2.24, 2.45) is 46.2 Å². The first-order chi connectivity index (χ1) is 16.8. The van der Waals surface area contributed by atoms with Crippen LogP contribution in [0.1, 0.15) is 79.1 Å². The molecule has 5 rings (SSSR count). The zero-order chi connectivity index (χ0) is 26.2. The standard InChI is InChI=1S/C29H46N2O5/c1-16(2)25(30)26(34)31(5)19-8-10-27(3)18(13-19)6-7-21-22(27)14-23(32)28(4)20(9-11-29(21,28)35)17-12-24(33)36-15-17/h12,16,18-23,25,32,35H,6-11,13-15,30H2,1-5H3/t18-,19-,20-,21-,22-,23-,25-,27-,28-,29-/m1/s1. The van der Waals surface area contributed by atoms with E-state index in [1.54, 1.807) is 6.08 Å². The van der Waals surface area contributed by atoms with Crippen molar-refractivity contribution in [3.8, 4) is 0 Å². The van der Waals surface area contributed by atoms with Crippen LogP contribution in [0.15, 0.2) is 11.6 Å². The number of aliphatic hydroxyl groups is 2. The van der Waals surface area contributed by atoms with Gasteiger partial charge in [-0.15, -0.1) is 0 Å². The molecule has 0 aromatic rings. The maximum Gasteiger partial charge on any atom is 0.331 e. The summed E-state index contributed by atoms with van der Waals surface area (Å²) in [6, 6.07) is -0.271. The summed E-state index contributed by atoms with van der Waals surface area (Å²) in [6.07, 6.45) is 7.96. The Hall–Kier alpha value is -1.44. The molecule has 1 aliphatic heterocycles. The van der Waals surface area contributed by atoms with E-state index in [1.165, 1.54) is 0 Å². The largest absolute Gasteiger partial charge is 0.458 e. The van der Waals surface area contributed by atoms with Crippen LogP contribution in [0.5, 0.6) is 0 Å². The Morgan fingerprint density at radius 3 is 2.50 bits per heavy atom. The fourth-order valence-corrected chi connectivity index (χ4v) is 9.42. The van der Waals surface area contributed by atoms with Crippen molar-refractivity contribution in [1.82, 2.24) is 4.90 Å². The van der Waals surface area contributed by atoms with Gasteiger partial charge in [0, 0.05) is 24.6 Å².